The number of H-pyrrole nitrogens is 1. The maximum atomic E-state index is 11.0. The minimum atomic E-state index is -0.517. The van der Waals surface area contributed by atoms with Crippen molar-refractivity contribution in [3.05, 3.63) is 49.5 Å². The zero-order chi connectivity index (χ0) is 17.1. The molecule has 1 aromatic heterocycles. The number of nitrogens with zero attached hydrogens (tertiary/aromatic N) is 4. The Morgan fingerprint density at radius 2 is 2.17 bits per heavy atom. The van der Waals surface area contributed by atoms with E-state index in [2.05, 4.69) is 15.3 Å². The van der Waals surface area contributed by atoms with E-state index in [0.717, 1.165) is 18.7 Å². The molecule has 3 rings (SSSR count). The van der Waals surface area contributed by atoms with Crippen LogP contribution in [0.15, 0.2) is 23.3 Å². The number of hydrogen-bond acceptors (Lipinski definition) is 5. The van der Waals surface area contributed by atoms with Crippen molar-refractivity contribution in [3.63, 3.8) is 0 Å². The van der Waals surface area contributed by atoms with Gasteiger partial charge in [-0.3, -0.25) is 15.2 Å². The number of aromatic amines is 1. The summed E-state index contributed by atoms with van der Waals surface area (Å²) in [5.41, 5.74) is 0.424. The zero-order valence-corrected chi connectivity index (χ0v) is 14.4. The highest BCUT2D eigenvalue weighted by atomic mass is 35.5. The maximum absolute atomic E-state index is 11.0. The molecule has 7 nitrogen and oxygen atoms in total. The van der Waals surface area contributed by atoms with Crippen molar-refractivity contribution in [1.29, 1.82) is 0 Å². The predicted octanol–water partition coefficient (Wildman–Crippen LogP) is 4.43. The molecule has 1 saturated carbocycles. The molecular weight excluding hydrogens is 350 g/mol. The molecule has 0 bridgehead atoms. The topological polar surface area (TPSA) is 89.1 Å². The molecular formula is C15H16ClN5O2S. The van der Waals surface area contributed by atoms with Crippen molar-refractivity contribution in [3.8, 4) is 0 Å². The van der Waals surface area contributed by atoms with E-state index >= 15 is 0 Å². The van der Waals surface area contributed by atoms with E-state index in [1.54, 1.807) is 10.7 Å². The van der Waals surface area contributed by atoms with E-state index in [-0.39, 0.29) is 10.7 Å². The van der Waals surface area contributed by atoms with Gasteiger partial charge in [0, 0.05) is 17.5 Å². The summed E-state index contributed by atoms with van der Waals surface area (Å²) in [6.45, 7) is 0. The normalized spacial score (nSPS) is 15.9. The summed E-state index contributed by atoms with van der Waals surface area (Å²) in [7, 11) is 0. The molecule has 0 spiro atoms. The van der Waals surface area contributed by atoms with Crippen LogP contribution in [-0.2, 0) is 0 Å². The SMILES string of the molecule is O=[N+]([O-])c1cc(C=Nn2c(C3CCCCC3)n[nH]c2=S)ccc1Cl. The van der Waals surface area contributed by atoms with Gasteiger partial charge in [-0.15, -0.1) is 0 Å². The lowest BCUT2D eigenvalue weighted by atomic mass is 9.89. The van der Waals surface area contributed by atoms with Crippen LogP contribution in [0.2, 0.25) is 5.02 Å². The zero-order valence-electron chi connectivity index (χ0n) is 12.8. The fourth-order valence-corrected chi connectivity index (χ4v) is 3.29. The molecule has 1 heterocycles. The highest BCUT2D eigenvalue weighted by molar-refractivity contribution is 7.71. The fraction of sp³-hybridized carbons (Fsp3) is 0.400. The Morgan fingerprint density at radius 3 is 2.88 bits per heavy atom. The largest absolute Gasteiger partial charge is 0.288 e. The molecule has 9 heteroatoms. The summed E-state index contributed by atoms with van der Waals surface area (Å²) < 4.78 is 2.02. The van der Waals surface area contributed by atoms with Crippen LogP contribution >= 0.6 is 23.8 Å². The molecule has 1 N–H and O–H groups in total. The first-order valence-corrected chi connectivity index (χ1v) is 8.50. The first-order valence-electron chi connectivity index (χ1n) is 7.72. The number of halogens is 1. The molecule has 2 aromatic rings. The quantitative estimate of drug-likeness (QED) is 0.375. The lowest BCUT2D eigenvalue weighted by molar-refractivity contribution is -0.384. The number of aromatic nitrogens is 3. The van der Waals surface area contributed by atoms with Crippen molar-refractivity contribution in [2.45, 2.75) is 38.0 Å². The third-order valence-corrected chi connectivity index (χ3v) is 4.72. The van der Waals surface area contributed by atoms with Crippen LogP contribution in [0.5, 0.6) is 0 Å². The summed E-state index contributed by atoms with van der Waals surface area (Å²) in [5, 5.41) is 22.5. The van der Waals surface area contributed by atoms with Crippen LogP contribution < -0.4 is 0 Å². The Bertz CT molecular complexity index is 839. The molecule has 1 fully saturated rings. The van der Waals surface area contributed by atoms with Gasteiger partial charge in [-0.1, -0.05) is 36.9 Å². The second-order valence-corrected chi connectivity index (χ2v) is 6.54. The molecule has 0 amide bonds. The van der Waals surface area contributed by atoms with Crippen LogP contribution in [0.3, 0.4) is 0 Å². The number of nitro groups is 1. The van der Waals surface area contributed by atoms with Gasteiger partial charge in [0.25, 0.3) is 5.69 Å². The standard InChI is InChI=1S/C15H16ClN5O2S/c16-12-7-6-10(8-13(12)21(22)23)9-17-20-14(18-19-15(20)24)11-4-2-1-3-5-11/h6-9,11H,1-5H2,(H,19,24). The Kier molecular flexibility index (Phi) is 5.06. The van der Waals surface area contributed by atoms with E-state index in [9.17, 15) is 10.1 Å². The Hall–Kier alpha value is -2.06. The minimum Gasteiger partial charge on any atom is -0.258 e. The van der Waals surface area contributed by atoms with Gasteiger partial charge in [-0.05, 0) is 31.1 Å². The van der Waals surface area contributed by atoms with E-state index in [1.807, 2.05) is 0 Å². The summed E-state index contributed by atoms with van der Waals surface area (Å²) in [5.74, 6) is 1.16. The number of rotatable bonds is 4. The van der Waals surface area contributed by atoms with Crippen LogP contribution in [0.4, 0.5) is 5.69 Å². The lowest BCUT2D eigenvalue weighted by Gasteiger charge is -2.19. The first kappa shape index (κ1) is 16.8. The molecule has 1 aliphatic rings. The second kappa shape index (κ2) is 7.23. The average Bonchev–Trinajstić information content (AvgIpc) is 2.95. The van der Waals surface area contributed by atoms with E-state index in [1.165, 1.54) is 37.6 Å². The molecule has 1 aliphatic carbocycles. The van der Waals surface area contributed by atoms with Gasteiger partial charge >= 0.3 is 0 Å². The van der Waals surface area contributed by atoms with Gasteiger partial charge in [0.2, 0.25) is 4.77 Å². The molecule has 24 heavy (non-hydrogen) atoms. The molecule has 0 unspecified atom stereocenters. The van der Waals surface area contributed by atoms with Gasteiger partial charge in [0.15, 0.2) is 5.82 Å². The molecule has 0 radical (unpaired) electrons. The van der Waals surface area contributed by atoms with Gasteiger partial charge in [0.05, 0.1) is 11.1 Å². The van der Waals surface area contributed by atoms with Crippen molar-refractivity contribution < 1.29 is 4.92 Å². The summed E-state index contributed by atoms with van der Waals surface area (Å²) >= 11 is 11.1. The van der Waals surface area contributed by atoms with Gasteiger partial charge in [-0.2, -0.15) is 14.9 Å². The fourth-order valence-electron chi connectivity index (χ4n) is 2.91. The van der Waals surface area contributed by atoms with Gasteiger partial charge in [0.1, 0.15) is 5.02 Å². The van der Waals surface area contributed by atoms with Crippen molar-refractivity contribution >= 4 is 35.7 Å². The number of nitro benzene ring substituents is 1. The number of hydrogen-bond donors (Lipinski definition) is 1. The number of nitrogens with one attached hydrogen (secondary N) is 1. The van der Waals surface area contributed by atoms with Crippen molar-refractivity contribution in [1.82, 2.24) is 14.9 Å². The van der Waals surface area contributed by atoms with Crippen molar-refractivity contribution in [2.75, 3.05) is 0 Å². The molecule has 0 atom stereocenters. The first-order chi connectivity index (χ1) is 11.6. The van der Waals surface area contributed by atoms with Crippen LogP contribution in [0.25, 0.3) is 0 Å². The highest BCUT2D eigenvalue weighted by Gasteiger charge is 2.21. The number of benzene rings is 1. The minimum absolute atomic E-state index is 0.0972. The summed E-state index contributed by atoms with van der Waals surface area (Å²) in [6.07, 6.45) is 7.28. The molecule has 126 valence electrons. The lowest BCUT2D eigenvalue weighted by Crippen LogP contribution is -2.10. The molecule has 1 aromatic carbocycles. The maximum Gasteiger partial charge on any atom is 0.288 e. The van der Waals surface area contributed by atoms with E-state index in [4.69, 9.17) is 23.8 Å². The van der Waals surface area contributed by atoms with Crippen molar-refractivity contribution in [2.24, 2.45) is 5.10 Å². The monoisotopic (exact) mass is 365 g/mol. The van der Waals surface area contributed by atoms with Crippen LogP contribution in [-0.4, -0.2) is 26.0 Å². The Balaban J connectivity index is 1.90. The van der Waals surface area contributed by atoms with E-state index < -0.39 is 4.92 Å². The smallest absolute Gasteiger partial charge is 0.258 e. The van der Waals surface area contributed by atoms with E-state index in [0.29, 0.717) is 16.3 Å². The Morgan fingerprint density at radius 1 is 1.42 bits per heavy atom. The summed E-state index contributed by atoms with van der Waals surface area (Å²) in [4.78, 5) is 10.4. The van der Waals surface area contributed by atoms with Gasteiger partial charge < -0.3 is 0 Å². The van der Waals surface area contributed by atoms with Gasteiger partial charge in [-0.25, -0.2) is 0 Å². The highest BCUT2D eigenvalue weighted by Crippen LogP contribution is 2.31. The molecule has 0 aliphatic heterocycles. The summed E-state index contributed by atoms with van der Waals surface area (Å²) in [6, 6.07) is 4.54. The Labute approximate surface area is 148 Å². The van der Waals surface area contributed by atoms with Crippen LogP contribution in [0.1, 0.15) is 49.4 Å². The molecule has 0 saturated heterocycles. The second-order valence-electron chi connectivity index (χ2n) is 5.75. The third-order valence-electron chi connectivity index (χ3n) is 4.13. The third kappa shape index (κ3) is 3.54. The average molecular weight is 366 g/mol. The predicted molar refractivity (Wildman–Crippen MR) is 94.3 cm³/mol. The van der Waals surface area contributed by atoms with Crippen LogP contribution in [0, 0.1) is 14.9 Å².